The Morgan fingerprint density at radius 2 is 1.76 bits per heavy atom. The molecule has 0 amide bonds. The molecule has 0 bridgehead atoms. The van der Waals surface area contributed by atoms with Gasteiger partial charge in [0.05, 0.1) is 17.0 Å². The molecule has 25 heavy (non-hydrogen) atoms. The van der Waals surface area contributed by atoms with Crippen molar-refractivity contribution in [3.63, 3.8) is 0 Å². The number of halogens is 2. The molecule has 0 heterocycles. The number of rotatable bonds is 5. The fourth-order valence-corrected chi connectivity index (χ4v) is 3.45. The summed E-state index contributed by atoms with van der Waals surface area (Å²) in [6, 6.07) is 10.7. The number of sulfonamides is 1. The average Bonchev–Trinajstić information content (AvgIpc) is 2.54. The molecule has 0 radical (unpaired) electrons. The van der Waals surface area contributed by atoms with Gasteiger partial charge in [-0.2, -0.15) is 0 Å². The molecule has 2 aromatic rings. The van der Waals surface area contributed by atoms with E-state index < -0.39 is 10.0 Å². The Kier molecular flexibility index (Phi) is 6.32. The van der Waals surface area contributed by atoms with Gasteiger partial charge in [-0.1, -0.05) is 23.2 Å². The van der Waals surface area contributed by atoms with Crippen molar-refractivity contribution < 1.29 is 13.2 Å². The van der Waals surface area contributed by atoms with Gasteiger partial charge >= 0.3 is 0 Å². The van der Waals surface area contributed by atoms with Crippen LogP contribution in [0.15, 0.2) is 52.4 Å². The molecule has 0 aliphatic rings. The zero-order chi connectivity index (χ0) is 18.6. The second-order valence-electron chi connectivity index (χ2n) is 5.48. The summed E-state index contributed by atoms with van der Waals surface area (Å²) in [4.78, 5) is 4.46. The standard InChI is InChI=1S/C17H18Cl2N2O3S/c1-11(2)20-17(12-4-9-16(24-3)15(19)10-12)21-25(22,23)14-7-5-13(18)6-8-14/h4-11H,1-3H3,(H,20,21). The minimum Gasteiger partial charge on any atom is -0.495 e. The number of amidine groups is 1. The predicted octanol–water partition coefficient (Wildman–Crippen LogP) is 4.14. The number of hydrogen-bond acceptors (Lipinski definition) is 4. The van der Waals surface area contributed by atoms with Crippen LogP contribution in [-0.4, -0.2) is 27.4 Å². The van der Waals surface area contributed by atoms with Gasteiger partial charge in [0.15, 0.2) is 0 Å². The second kappa shape index (κ2) is 8.08. The quantitative estimate of drug-likeness (QED) is 0.605. The summed E-state index contributed by atoms with van der Waals surface area (Å²) < 4.78 is 32.9. The van der Waals surface area contributed by atoms with Crippen LogP contribution in [0.25, 0.3) is 0 Å². The number of methoxy groups -OCH3 is 1. The van der Waals surface area contributed by atoms with Crippen molar-refractivity contribution in [2.45, 2.75) is 24.8 Å². The van der Waals surface area contributed by atoms with Crippen LogP contribution in [0.5, 0.6) is 5.75 Å². The average molecular weight is 401 g/mol. The molecule has 2 aromatic carbocycles. The van der Waals surface area contributed by atoms with E-state index in [2.05, 4.69) is 9.71 Å². The third kappa shape index (κ3) is 5.11. The summed E-state index contributed by atoms with van der Waals surface area (Å²) in [5, 5.41) is 0.819. The molecule has 0 spiro atoms. The normalized spacial score (nSPS) is 12.3. The lowest BCUT2D eigenvalue weighted by atomic mass is 10.2. The third-order valence-electron chi connectivity index (χ3n) is 3.17. The minimum atomic E-state index is -3.81. The second-order valence-corrected chi connectivity index (χ2v) is 8.01. The maximum atomic E-state index is 12.6. The fourth-order valence-electron chi connectivity index (χ4n) is 2.03. The Morgan fingerprint density at radius 1 is 1.12 bits per heavy atom. The summed E-state index contributed by atoms with van der Waals surface area (Å²) in [7, 11) is -2.31. The topological polar surface area (TPSA) is 67.8 Å². The SMILES string of the molecule is COc1ccc(C(=NC(C)C)NS(=O)(=O)c2ccc(Cl)cc2)cc1Cl. The van der Waals surface area contributed by atoms with Crippen molar-refractivity contribution in [1.82, 2.24) is 4.72 Å². The molecule has 0 saturated carbocycles. The number of aliphatic imine (C=N–C) groups is 1. The van der Waals surface area contributed by atoms with E-state index in [1.165, 1.54) is 31.4 Å². The van der Waals surface area contributed by atoms with E-state index in [9.17, 15) is 8.42 Å². The maximum Gasteiger partial charge on any atom is 0.263 e. The summed E-state index contributed by atoms with van der Waals surface area (Å²) >= 11 is 12.0. The number of ether oxygens (including phenoxy) is 1. The van der Waals surface area contributed by atoms with Gasteiger partial charge < -0.3 is 4.74 Å². The van der Waals surface area contributed by atoms with Gasteiger partial charge in [-0.15, -0.1) is 0 Å². The van der Waals surface area contributed by atoms with Crippen molar-refractivity contribution in [3.8, 4) is 5.75 Å². The molecule has 0 saturated heterocycles. The molecular formula is C17H18Cl2N2O3S. The summed E-state index contributed by atoms with van der Waals surface area (Å²) in [6.45, 7) is 3.70. The summed E-state index contributed by atoms with van der Waals surface area (Å²) in [5.74, 6) is 0.698. The van der Waals surface area contributed by atoms with Crippen LogP contribution in [0.2, 0.25) is 10.0 Å². The summed E-state index contributed by atoms with van der Waals surface area (Å²) in [6.07, 6.45) is 0. The van der Waals surface area contributed by atoms with Gasteiger partial charge in [-0.25, -0.2) is 8.42 Å². The molecule has 0 aliphatic heterocycles. The molecular weight excluding hydrogens is 383 g/mol. The Hall–Kier alpha value is -1.76. The Balaban J connectivity index is 2.42. The molecule has 0 unspecified atom stereocenters. The first kappa shape index (κ1) is 19.6. The van der Waals surface area contributed by atoms with E-state index in [0.29, 0.717) is 21.4 Å². The number of benzene rings is 2. The molecule has 0 atom stereocenters. The molecule has 0 fully saturated rings. The van der Waals surface area contributed by atoms with Crippen molar-refractivity contribution in [1.29, 1.82) is 0 Å². The van der Waals surface area contributed by atoms with Crippen molar-refractivity contribution >= 4 is 39.1 Å². The van der Waals surface area contributed by atoms with Crippen LogP contribution >= 0.6 is 23.2 Å². The van der Waals surface area contributed by atoms with Crippen molar-refractivity contribution in [3.05, 3.63) is 58.1 Å². The van der Waals surface area contributed by atoms with E-state index in [0.717, 1.165) is 0 Å². The fraction of sp³-hybridized carbons (Fsp3) is 0.235. The van der Waals surface area contributed by atoms with Gasteiger partial charge in [0, 0.05) is 16.6 Å². The van der Waals surface area contributed by atoms with E-state index in [-0.39, 0.29) is 16.8 Å². The van der Waals surface area contributed by atoms with E-state index >= 15 is 0 Å². The Morgan fingerprint density at radius 3 is 2.28 bits per heavy atom. The van der Waals surface area contributed by atoms with E-state index in [1.807, 2.05) is 13.8 Å². The zero-order valence-corrected chi connectivity index (χ0v) is 16.3. The largest absolute Gasteiger partial charge is 0.495 e. The van der Waals surface area contributed by atoms with Crippen LogP contribution in [0, 0.1) is 0 Å². The number of nitrogens with zero attached hydrogens (tertiary/aromatic N) is 1. The van der Waals surface area contributed by atoms with Crippen molar-refractivity contribution in [2.75, 3.05) is 7.11 Å². The molecule has 5 nitrogen and oxygen atoms in total. The first-order chi connectivity index (χ1) is 11.7. The molecule has 1 N–H and O–H groups in total. The smallest absolute Gasteiger partial charge is 0.263 e. The Bertz CT molecular complexity index is 879. The van der Waals surface area contributed by atoms with Crippen LogP contribution < -0.4 is 9.46 Å². The van der Waals surface area contributed by atoms with Crippen molar-refractivity contribution in [2.24, 2.45) is 4.99 Å². The number of nitrogens with one attached hydrogen (secondary N) is 1. The summed E-state index contributed by atoms with van der Waals surface area (Å²) in [5.41, 5.74) is 0.539. The molecule has 0 aliphatic carbocycles. The van der Waals surface area contributed by atoms with Crippen LogP contribution in [0.3, 0.4) is 0 Å². The van der Waals surface area contributed by atoms with Crippen LogP contribution in [0.1, 0.15) is 19.4 Å². The molecule has 2 rings (SSSR count). The lowest BCUT2D eigenvalue weighted by molar-refractivity contribution is 0.415. The highest BCUT2D eigenvalue weighted by molar-refractivity contribution is 7.90. The van der Waals surface area contributed by atoms with Crippen LogP contribution in [0.4, 0.5) is 0 Å². The maximum absolute atomic E-state index is 12.6. The third-order valence-corrected chi connectivity index (χ3v) is 5.07. The van der Waals surface area contributed by atoms with Gasteiger partial charge in [-0.05, 0) is 56.3 Å². The first-order valence-electron chi connectivity index (χ1n) is 7.43. The van der Waals surface area contributed by atoms with Crippen LogP contribution in [-0.2, 0) is 10.0 Å². The molecule has 134 valence electrons. The first-order valence-corrected chi connectivity index (χ1v) is 9.67. The van der Waals surface area contributed by atoms with Gasteiger partial charge in [0.2, 0.25) is 0 Å². The van der Waals surface area contributed by atoms with Gasteiger partial charge in [-0.3, -0.25) is 9.71 Å². The molecule has 8 heteroatoms. The van der Waals surface area contributed by atoms with Gasteiger partial charge in [0.25, 0.3) is 10.0 Å². The van der Waals surface area contributed by atoms with E-state index in [1.54, 1.807) is 18.2 Å². The monoisotopic (exact) mass is 400 g/mol. The molecule has 0 aromatic heterocycles. The zero-order valence-electron chi connectivity index (χ0n) is 14.0. The highest BCUT2D eigenvalue weighted by atomic mass is 35.5. The van der Waals surface area contributed by atoms with Gasteiger partial charge in [0.1, 0.15) is 11.6 Å². The number of hydrogen-bond donors (Lipinski definition) is 1. The lowest BCUT2D eigenvalue weighted by Crippen LogP contribution is -2.32. The van der Waals surface area contributed by atoms with E-state index in [4.69, 9.17) is 27.9 Å². The minimum absolute atomic E-state index is 0.0907. The highest BCUT2D eigenvalue weighted by Gasteiger charge is 2.18. The highest BCUT2D eigenvalue weighted by Crippen LogP contribution is 2.25. The lowest BCUT2D eigenvalue weighted by Gasteiger charge is -2.14. The Labute approximate surface area is 157 Å². The predicted molar refractivity (Wildman–Crippen MR) is 101 cm³/mol.